The van der Waals surface area contributed by atoms with Crippen molar-refractivity contribution in [3.8, 4) is 0 Å². The molecule has 1 atom stereocenters. The topological polar surface area (TPSA) is 104 Å². The fourth-order valence-electron chi connectivity index (χ4n) is 2.70. The van der Waals surface area contributed by atoms with Gasteiger partial charge in [0.1, 0.15) is 4.21 Å². The quantitative estimate of drug-likeness (QED) is 0.468. The van der Waals surface area contributed by atoms with Crippen molar-refractivity contribution in [2.75, 3.05) is 10.0 Å². The molecule has 2 amide bonds. The lowest BCUT2D eigenvalue weighted by molar-refractivity contribution is 0.0940. The van der Waals surface area contributed by atoms with Crippen molar-refractivity contribution in [1.82, 2.24) is 5.32 Å². The van der Waals surface area contributed by atoms with E-state index in [-0.39, 0.29) is 16.2 Å². The molecule has 0 radical (unpaired) electrons. The maximum Gasteiger partial charge on any atom is 0.271 e. The number of thiophene rings is 1. The molecule has 7 nitrogen and oxygen atoms in total. The number of amides is 2. The Bertz CT molecular complexity index is 1160. The first-order valence-electron chi connectivity index (χ1n) is 9.68. The standard InChI is InChI=1S/C22H23N3O4S2/c1-3-15(2)23-22(27)18-7-4-5-8-19(18)24-21(26)16-10-12-17(13-11-16)25-31(28,29)20-9-6-14-30-20/h4-15,25H,3H2,1-2H3,(H,23,27)(H,24,26). The van der Waals surface area contributed by atoms with E-state index in [9.17, 15) is 18.0 Å². The van der Waals surface area contributed by atoms with Crippen molar-refractivity contribution in [2.24, 2.45) is 0 Å². The van der Waals surface area contributed by atoms with E-state index < -0.39 is 15.9 Å². The van der Waals surface area contributed by atoms with Gasteiger partial charge in [-0.3, -0.25) is 14.3 Å². The lowest BCUT2D eigenvalue weighted by atomic mass is 10.1. The van der Waals surface area contributed by atoms with Crippen LogP contribution in [-0.2, 0) is 10.0 Å². The van der Waals surface area contributed by atoms with Gasteiger partial charge in [0.15, 0.2) is 0 Å². The molecular weight excluding hydrogens is 434 g/mol. The number of benzene rings is 2. The molecule has 0 bridgehead atoms. The molecule has 0 saturated heterocycles. The summed E-state index contributed by atoms with van der Waals surface area (Å²) in [6.45, 7) is 3.89. The zero-order valence-electron chi connectivity index (χ0n) is 17.1. The van der Waals surface area contributed by atoms with Crippen molar-refractivity contribution in [1.29, 1.82) is 0 Å². The Hall–Kier alpha value is -3.17. The van der Waals surface area contributed by atoms with E-state index in [4.69, 9.17) is 0 Å². The third kappa shape index (κ3) is 5.71. The Kier molecular flexibility index (Phi) is 7.09. The average Bonchev–Trinajstić information content (AvgIpc) is 3.30. The second kappa shape index (κ2) is 9.76. The van der Waals surface area contributed by atoms with Gasteiger partial charge in [0.25, 0.3) is 21.8 Å². The van der Waals surface area contributed by atoms with Crippen LogP contribution in [0, 0.1) is 0 Å². The van der Waals surface area contributed by atoms with Crippen LogP contribution in [0.2, 0.25) is 0 Å². The molecule has 0 aliphatic rings. The van der Waals surface area contributed by atoms with E-state index in [1.54, 1.807) is 35.7 Å². The average molecular weight is 458 g/mol. The fourth-order valence-corrected chi connectivity index (χ4v) is 4.75. The number of sulfonamides is 1. The Labute approximate surface area is 185 Å². The van der Waals surface area contributed by atoms with Crippen molar-refractivity contribution >= 4 is 44.5 Å². The highest BCUT2D eigenvalue weighted by atomic mass is 32.2. The molecule has 3 aromatic rings. The van der Waals surface area contributed by atoms with Gasteiger partial charge < -0.3 is 10.6 Å². The van der Waals surface area contributed by atoms with Gasteiger partial charge in [0, 0.05) is 17.3 Å². The zero-order valence-corrected chi connectivity index (χ0v) is 18.7. The van der Waals surface area contributed by atoms with Crippen molar-refractivity contribution in [3.05, 3.63) is 77.2 Å². The smallest absolute Gasteiger partial charge is 0.271 e. The SMILES string of the molecule is CCC(C)NC(=O)c1ccccc1NC(=O)c1ccc(NS(=O)(=O)c2cccs2)cc1. The normalized spacial score (nSPS) is 12.1. The van der Waals surface area contributed by atoms with Crippen molar-refractivity contribution in [3.63, 3.8) is 0 Å². The minimum Gasteiger partial charge on any atom is -0.350 e. The number of anilines is 2. The van der Waals surface area contributed by atoms with E-state index in [2.05, 4.69) is 15.4 Å². The summed E-state index contributed by atoms with van der Waals surface area (Å²) in [5.74, 6) is -0.667. The Morgan fingerprint density at radius 1 is 0.968 bits per heavy atom. The van der Waals surface area contributed by atoms with Crippen molar-refractivity contribution < 1.29 is 18.0 Å². The minimum atomic E-state index is -3.66. The van der Waals surface area contributed by atoms with Crippen LogP contribution >= 0.6 is 11.3 Å². The second-order valence-corrected chi connectivity index (χ2v) is 9.75. The maximum atomic E-state index is 12.7. The summed E-state index contributed by atoms with van der Waals surface area (Å²) in [7, 11) is -3.66. The van der Waals surface area contributed by atoms with Crippen LogP contribution in [0.25, 0.3) is 0 Å². The maximum absolute atomic E-state index is 12.7. The van der Waals surface area contributed by atoms with E-state index in [1.165, 1.54) is 30.3 Å². The monoisotopic (exact) mass is 457 g/mol. The zero-order chi connectivity index (χ0) is 22.4. The molecule has 1 unspecified atom stereocenters. The highest BCUT2D eigenvalue weighted by Crippen LogP contribution is 2.21. The second-order valence-electron chi connectivity index (χ2n) is 6.90. The molecule has 1 heterocycles. The Balaban J connectivity index is 1.71. The van der Waals surface area contributed by atoms with Crippen LogP contribution < -0.4 is 15.4 Å². The summed E-state index contributed by atoms with van der Waals surface area (Å²) in [6.07, 6.45) is 0.794. The molecule has 0 spiro atoms. The molecule has 3 rings (SSSR count). The van der Waals surface area contributed by atoms with Crippen molar-refractivity contribution in [2.45, 2.75) is 30.5 Å². The van der Waals surface area contributed by atoms with E-state index in [0.717, 1.165) is 17.8 Å². The van der Waals surface area contributed by atoms with Gasteiger partial charge in [-0.05, 0) is 61.2 Å². The molecular formula is C22H23N3O4S2. The van der Waals surface area contributed by atoms with Gasteiger partial charge >= 0.3 is 0 Å². The first-order chi connectivity index (χ1) is 14.8. The van der Waals surface area contributed by atoms with E-state index in [1.807, 2.05) is 13.8 Å². The molecule has 0 aliphatic heterocycles. The van der Waals surface area contributed by atoms with Gasteiger partial charge in [0.05, 0.1) is 11.3 Å². The summed E-state index contributed by atoms with van der Waals surface area (Å²) in [5.41, 5.74) is 1.45. The first-order valence-corrected chi connectivity index (χ1v) is 12.0. The number of hydrogen-bond donors (Lipinski definition) is 3. The minimum absolute atomic E-state index is 0.0155. The highest BCUT2D eigenvalue weighted by molar-refractivity contribution is 7.94. The summed E-state index contributed by atoms with van der Waals surface area (Å²) in [4.78, 5) is 25.2. The lowest BCUT2D eigenvalue weighted by Gasteiger charge is -2.15. The summed E-state index contributed by atoms with van der Waals surface area (Å²) in [6, 6.07) is 16.0. The summed E-state index contributed by atoms with van der Waals surface area (Å²) in [5, 5.41) is 7.32. The third-order valence-corrected chi connectivity index (χ3v) is 7.35. The highest BCUT2D eigenvalue weighted by Gasteiger charge is 2.17. The first kappa shape index (κ1) is 22.5. The number of carbonyl (C=O) groups excluding carboxylic acids is 2. The van der Waals surface area contributed by atoms with Gasteiger partial charge in [-0.15, -0.1) is 11.3 Å². The molecule has 0 aliphatic carbocycles. The van der Waals surface area contributed by atoms with Gasteiger partial charge in [-0.2, -0.15) is 0 Å². The molecule has 0 fully saturated rings. The van der Waals surface area contributed by atoms with Gasteiger partial charge in [-0.1, -0.05) is 25.1 Å². The lowest BCUT2D eigenvalue weighted by Crippen LogP contribution is -2.32. The van der Waals surface area contributed by atoms with Gasteiger partial charge in [0.2, 0.25) is 0 Å². The summed E-state index contributed by atoms with van der Waals surface area (Å²) < 4.78 is 27.3. The van der Waals surface area contributed by atoms with Crippen LogP contribution in [0.5, 0.6) is 0 Å². The summed E-state index contributed by atoms with van der Waals surface area (Å²) >= 11 is 1.12. The van der Waals surface area contributed by atoms with Crippen LogP contribution in [0.15, 0.2) is 70.3 Å². The molecule has 162 valence electrons. The molecule has 9 heteroatoms. The molecule has 1 aromatic heterocycles. The Morgan fingerprint density at radius 2 is 1.68 bits per heavy atom. The third-order valence-electron chi connectivity index (χ3n) is 4.57. The van der Waals surface area contributed by atoms with Crippen LogP contribution in [0.1, 0.15) is 41.0 Å². The number of nitrogens with one attached hydrogen (secondary N) is 3. The number of rotatable bonds is 8. The predicted octanol–water partition coefficient (Wildman–Crippen LogP) is 4.33. The Morgan fingerprint density at radius 3 is 2.32 bits per heavy atom. The van der Waals surface area contributed by atoms with E-state index >= 15 is 0 Å². The van der Waals surface area contributed by atoms with Crippen LogP contribution in [0.4, 0.5) is 11.4 Å². The molecule has 3 N–H and O–H groups in total. The fraction of sp³-hybridized carbons (Fsp3) is 0.182. The molecule has 2 aromatic carbocycles. The number of carbonyl (C=O) groups is 2. The van der Waals surface area contributed by atoms with Gasteiger partial charge in [-0.25, -0.2) is 8.42 Å². The van der Waals surface area contributed by atoms with Crippen LogP contribution in [-0.4, -0.2) is 26.3 Å². The molecule has 0 saturated carbocycles. The largest absolute Gasteiger partial charge is 0.350 e. The molecule has 31 heavy (non-hydrogen) atoms. The predicted molar refractivity (Wildman–Crippen MR) is 123 cm³/mol. The number of para-hydroxylation sites is 1. The van der Waals surface area contributed by atoms with Crippen LogP contribution in [0.3, 0.4) is 0 Å². The van der Waals surface area contributed by atoms with E-state index in [0.29, 0.717) is 22.5 Å². The number of hydrogen-bond acceptors (Lipinski definition) is 5.